The van der Waals surface area contributed by atoms with Crippen LogP contribution in [-0.2, 0) is 0 Å². The topological polar surface area (TPSA) is 81.5 Å². The van der Waals surface area contributed by atoms with Crippen LogP contribution in [0.25, 0.3) is 0 Å². The van der Waals surface area contributed by atoms with E-state index in [4.69, 9.17) is 16.3 Å². The van der Waals surface area contributed by atoms with E-state index in [1.807, 2.05) is 6.92 Å². The standard InChI is InChI=1S/C15H13ClN2O4/c1-2-22-14-8-7-10(9-11(14)16)15(19)17-12-5-3-4-6-13(12)18(20)21/h3-9H,2H2,1H3,(H,17,19). The van der Waals surface area contributed by atoms with Crippen molar-refractivity contribution in [3.05, 3.63) is 63.2 Å². The Bertz CT molecular complexity index is 718. The summed E-state index contributed by atoms with van der Waals surface area (Å²) in [6.45, 7) is 2.28. The number of hydrogen-bond donors (Lipinski definition) is 1. The summed E-state index contributed by atoms with van der Waals surface area (Å²) in [5, 5.41) is 13.7. The number of nitro benzene ring substituents is 1. The fraction of sp³-hybridized carbons (Fsp3) is 0.133. The van der Waals surface area contributed by atoms with Crippen LogP contribution in [0, 0.1) is 10.1 Å². The summed E-state index contributed by atoms with van der Waals surface area (Å²) >= 11 is 6.02. The van der Waals surface area contributed by atoms with Gasteiger partial charge in [-0.1, -0.05) is 23.7 Å². The van der Waals surface area contributed by atoms with Crippen molar-refractivity contribution in [1.82, 2.24) is 0 Å². The van der Waals surface area contributed by atoms with Gasteiger partial charge in [-0.25, -0.2) is 0 Å². The van der Waals surface area contributed by atoms with Crippen molar-refractivity contribution in [3.8, 4) is 5.75 Å². The monoisotopic (exact) mass is 320 g/mol. The number of carbonyl (C=O) groups excluding carboxylic acids is 1. The van der Waals surface area contributed by atoms with Crippen molar-refractivity contribution in [2.75, 3.05) is 11.9 Å². The zero-order valence-electron chi connectivity index (χ0n) is 11.7. The SMILES string of the molecule is CCOc1ccc(C(=O)Nc2ccccc2[N+](=O)[O-])cc1Cl. The van der Waals surface area contributed by atoms with Crippen LogP contribution in [-0.4, -0.2) is 17.4 Å². The van der Waals surface area contributed by atoms with E-state index in [-0.39, 0.29) is 16.9 Å². The highest BCUT2D eigenvalue weighted by Crippen LogP contribution is 2.27. The number of halogens is 1. The van der Waals surface area contributed by atoms with Crippen LogP contribution in [0.3, 0.4) is 0 Å². The summed E-state index contributed by atoms with van der Waals surface area (Å²) < 4.78 is 5.29. The van der Waals surface area contributed by atoms with E-state index in [0.29, 0.717) is 17.4 Å². The van der Waals surface area contributed by atoms with Crippen LogP contribution in [0.4, 0.5) is 11.4 Å². The minimum atomic E-state index is -0.555. The van der Waals surface area contributed by atoms with Gasteiger partial charge in [-0.2, -0.15) is 0 Å². The Morgan fingerprint density at radius 2 is 2.05 bits per heavy atom. The van der Waals surface area contributed by atoms with E-state index in [2.05, 4.69) is 5.32 Å². The number of benzene rings is 2. The first-order valence-corrected chi connectivity index (χ1v) is 6.88. The third-order valence-corrected chi connectivity index (χ3v) is 3.14. The molecule has 0 aliphatic heterocycles. The maximum absolute atomic E-state index is 12.2. The van der Waals surface area contributed by atoms with Crippen LogP contribution in [0.5, 0.6) is 5.75 Å². The molecule has 114 valence electrons. The average Bonchev–Trinajstić information content (AvgIpc) is 2.49. The number of anilines is 1. The van der Waals surface area contributed by atoms with Gasteiger partial charge >= 0.3 is 0 Å². The van der Waals surface area contributed by atoms with Gasteiger partial charge < -0.3 is 10.1 Å². The maximum Gasteiger partial charge on any atom is 0.292 e. The van der Waals surface area contributed by atoms with Gasteiger partial charge in [0.1, 0.15) is 11.4 Å². The van der Waals surface area contributed by atoms with E-state index >= 15 is 0 Å². The summed E-state index contributed by atoms with van der Waals surface area (Å²) in [5.41, 5.74) is 0.238. The van der Waals surface area contributed by atoms with Gasteiger partial charge in [-0.3, -0.25) is 14.9 Å². The van der Waals surface area contributed by atoms with Crippen molar-refractivity contribution in [1.29, 1.82) is 0 Å². The van der Waals surface area contributed by atoms with Crippen LogP contribution in [0.15, 0.2) is 42.5 Å². The van der Waals surface area contributed by atoms with E-state index in [9.17, 15) is 14.9 Å². The average molecular weight is 321 g/mol. The van der Waals surface area contributed by atoms with E-state index < -0.39 is 10.8 Å². The molecule has 0 spiro atoms. The van der Waals surface area contributed by atoms with Crippen molar-refractivity contribution in [2.24, 2.45) is 0 Å². The zero-order valence-corrected chi connectivity index (χ0v) is 12.5. The number of ether oxygens (including phenoxy) is 1. The minimum Gasteiger partial charge on any atom is -0.492 e. The first-order valence-electron chi connectivity index (χ1n) is 6.50. The smallest absolute Gasteiger partial charge is 0.292 e. The Balaban J connectivity index is 2.23. The highest BCUT2D eigenvalue weighted by Gasteiger charge is 2.16. The lowest BCUT2D eigenvalue weighted by atomic mass is 10.2. The van der Waals surface area contributed by atoms with Crippen molar-refractivity contribution in [3.63, 3.8) is 0 Å². The molecular weight excluding hydrogens is 308 g/mol. The summed E-state index contributed by atoms with van der Waals surface area (Å²) in [6, 6.07) is 10.5. The molecule has 6 nitrogen and oxygen atoms in total. The van der Waals surface area contributed by atoms with Gasteiger partial charge in [0.15, 0.2) is 0 Å². The molecule has 0 aliphatic rings. The number of hydrogen-bond acceptors (Lipinski definition) is 4. The predicted octanol–water partition coefficient (Wildman–Crippen LogP) is 3.90. The Hall–Kier alpha value is -2.60. The Morgan fingerprint density at radius 1 is 1.32 bits per heavy atom. The lowest BCUT2D eigenvalue weighted by molar-refractivity contribution is -0.383. The second-order valence-corrected chi connectivity index (χ2v) is 4.71. The summed E-state index contributed by atoms with van der Waals surface area (Å²) in [6.07, 6.45) is 0. The van der Waals surface area contributed by atoms with Gasteiger partial charge in [0.2, 0.25) is 0 Å². The number of para-hydroxylation sites is 2. The summed E-state index contributed by atoms with van der Waals surface area (Å²) in [4.78, 5) is 22.5. The molecule has 0 atom stereocenters. The van der Waals surface area contributed by atoms with Crippen molar-refractivity contribution < 1.29 is 14.5 Å². The molecule has 7 heteroatoms. The lowest BCUT2D eigenvalue weighted by Crippen LogP contribution is -2.13. The van der Waals surface area contributed by atoms with Gasteiger partial charge in [-0.05, 0) is 31.2 Å². The molecule has 0 bridgehead atoms. The molecule has 2 aromatic rings. The predicted molar refractivity (Wildman–Crippen MR) is 83.7 cm³/mol. The lowest BCUT2D eigenvalue weighted by Gasteiger charge is -2.09. The molecule has 0 aromatic heterocycles. The first kappa shape index (κ1) is 15.8. The Kier molecular flexibility index (Phi) is 4.95. The minimum absolute atomic E-state index is 0.127. The quantitative estimate of drug-likeness (QED) is 0.669. The number of nitrogens with zero attached hydrogens (tertiary/aromatic N) is 1. The van der Waals surface area contributed by atoms with Gasteiger partial charge in [0, 0.05) is 11.6 Å². The molecule has 2 aromatic carbocycles. The van der Waals surface area contributed by atoms with Crippen LogP contribution >= 0.6 is 11.6 Å². The molecule has 0 radical (unpaired) electrons. The van der Waals surface area contributed by atoms with E-state index in [1.54, 1.807) is 18.2 Å². The molecule has 0 fully saturated rings. The molecule has 0 heterocycles. The molecule has 0 saturated carbocycles. The number of amides is 1. The molecule has 0 aliphatic carbocycles. The molecule has 1 N–H and O–H groups in total. The number of carbonyl (C=O) groups is 1. The van der Waals surface area contributed by atoms with Gasteiger partial charge in [-0.15, -0.1) is 0 Å². The summed E-state index contributed by atoms with van der Waals surface area (Å²) in [7, 11) is 0. The van der Waals surface area contributed by atoms with E-state index in [0.717, 1.165) is 0 Å². The summed E-state index contributed by atoms with van der Waals surface area (Å²) in [5.74, 6) is -0.00865. The maximum atomic E-state index is 12.2. The molecule has 22 heavy (non-hydrogen) atoms. The van der Waals surface area contributed by atoms with Crippen LogP contribution in [0.2, 0.25) is 5.02 Å². The van der Waals surface area contributed by atoms with Gasteiger partial charge in [0.25, 0.3) is 11.6 Å². The second-order valence-electron chi connectivity index (χ2n) is 4.31. The normalized spacial score (nSPS) is 10.1. The van der Waals surface area contributed by atoms with Crippen molar-refractivity contribution >= 4 is 28.9 Å². The Labute approximate surface area is 131 Å². The first-order chi connectivity index (χ1) is 10.5. The third-order valence-electron chi connectivity index (χ3n) is 2.84. The molecule has 0 unspecified atom stereocenters. The Morgan fingerprint density at radius 3 is 2.68 bits per heavy atom. The highest BCUT2D eigenvalue weighted by atomic mass is 35.5. The number of rotatable bonds is 5. The second kappa shape index (κ2) is 6.91. The fourth-order valence-corrected chi connectivity index (χ4v) is 2.08. The largest absolute Gasteiger partial charge is 0.492 e. The third kappa shape index (κ3) is 3.53. The van der Waals surface area contributed by atoms with Gasteiger partial charge in [0.05, 0.1) is 16.6 Å². The molecule has 1 amide bonds. The number of nitro groups is 1. The number of nitrogens with one attached hydrogen (secondary N) is 1. The zero-order chi connectivity index (χ0) is 16.1. The van der Waals surface area contributed by atoms with Crippen LogP contribution in [0.1, 0.15) is 17.3 Å². The highest BCUT2D eigenvalue weighted by molar-refractivity contribution is 6.32. The molecular formula is C15H13ClN2O4. The molecule has 2 rings (SSSR count). The molecule has 0 saturated heterocycles. The van der Waals surface area contributed by atoms with E-state index in [1.165, 1.54) is 24.3 Å². The fourth-order valence-electron chi connectivity index (χ4n) is 1.85. The van der Waals surface area contributed by atoms with Crippen LogP contribution < -0.4 is 10.1 Å². The van der Waals surface area contributed by atoms with Crippen molar-refractivity contribution in [2.45, 2.75) is 6.92 Å².